The number of nitrogens with one attached hydrogen (secondary N) is 1. The Bertz CT molecular complexity index is 958. The van der Waals surface area contributed by atoms with Gasteiger partial charge in [0.25, 0.3) is 0 Å². The van der Waals surface area contributed by atoms with Crippen LogP contribution in [0.2, 0.25) is 0 Å². The summed E-state index contributed by atoms with van der Waals surface area (Å²) >= 11 is 0. The Labute approximate surface area is 159 Å². The number of benzene rings is 2. The topological polar surface area (TPSA) is 39.3 Å². The van der Waals surface area contributed by atoms with Gasteiger partial charge in [0.2, 0.25) is 0 Å². The summed E-state index contributed by atoms with van der Waals surface area (Å²) < 4.78 is 13.3. The number of aromatic amines is 1. The van der Waals surface area contributed by atoms with Crippen LogP contribution in [0.5, 0.6) is 0 Å². The van der Waals surface area contributed by atoms with Gasteiger partial charge in [-0.15, -0.1) is 0 Å². The van der Waals surface area contributed by atoms with Crippen molar-refractivity contribution in [3.05, 3.63) is 70.7 Å². The molecule has 1 aromatic heterocycles. The standard InChI is InChI=1S/C23H27FN2O/c1-15-4-9-21-20(12-15)19-10-11-26(3)14-16(22(19)25-21)13-23(2,27)17-5-7-18(24)8-6-17/h4-9,12,16,25,27H,10-11,13-14H2,1-3H3. The summed E-state index contributed by atoms with van der Waals surface area (Å²) in [4.78, 5) is 5.97. The van der Waals surface area contributed by atoms with Crippen LogP contribution in [0.15, 0.2) is 42.5 Å². The van der Waals surface area contributed by atoms with E-state index < -0.39 is 5.60 Å². The Morgan fingerprint density at radius 3 is 2.70 bits per heavy atom. The number of aliphatic hydroxyl groups is 1. The first-order valence-corrected chi connectivity index (χ1v) is 9.61. The lowest BCUT2D eigenvalue weighted by atomic mass is 9.83. The Morgan fingerprint density at radius 1 is 1.22 bits per heavy atom. The molecule has 0 aliphatic carbocycles. The largest absolute Gasteiger partial charge is 0.385 e. The molecule has 0 bridgehead atoms. The number of H-pyrrole nitrogens is 1. The smallest absolute Gasteiger partial charge is 0.123 e. The molecule has 0 amide bonds. The molecule has 4 rings (SSSR count). The van der Waals surface area contributed by atoms with Gasteiger partial charge in [0.1, 0.15) is 5.82 Å². The van der Waals surface area contributed by atoms with E-state index in [1.54, 1.807) is 12.1 Å². The van der Waals surface area contributed by atoms with Crippen molar-refractivity contribution < 1.29 is 9.50 Å². The SMILES string of the molecule is Cc1ccc2[nH]c3c(c2c1)CCN(C)CC3CC(C)(O)c1ccc(F)cc1. The minimum atomic E-state index is -1.02. The summed E-state index contributed by atoms with van der Waals surface area (Å²) in [7, 11) is 2.14. The Balaban J connectivity index is 1.73. The molecule has 1 aliphatic rings. The third-order valence-corrected chi connectivity index (χ3v) is 5.89. The number of halogens is 1. The Kier molecular flexibility index (Phi) is 4.57. The first-order chi connectivity index (χ1) is 12.8. The van der Waals surface area contributed by atoms with Crippen LogP contribution in [0.25, 0.3) is 10.9 Å². The second-order valence-electron chi connectivity index (χ2n) is 8.26. The van der Waals surface area contributed by atoms with Crippen molar-refractivity contribution in [1.82, 2.24) is 9.88 Å². The van der Waals surface area contributed by atoms with Crippen molar-refractivity contribution in [2.75, 3.05) is 20.1 Å². The van der Waals surface area contributed by atoms with Crippen molar-refractivity contribution in [1.29, 1.82) is 0 Å². The molecule has 0 spiro atoms. The average molecular weight is 366 g/mol. The summed E-state index contributed by atoms with van der Waals surface area (Å²) in [6.07, 6.45) is 1.59. The highest BCUT2D eigenvalue weighted by atomic mass is 19.1. The van der Waals surface area contributed by atoms with Crippen molar-refractivity contribution in [3.63, 3.8) is 0 Å². The predicted molar refractivity (Wildman–Crippen MR) is 108 cm³/mol. The first-order valence-electron chi connectivity index (χ1n) is 9.61. The fourth-order valence-electron chi connectivity index (χ4n) is 4.43. The van der Waals surface area contributed by atoms with Crippen LogP contribution >= 0.6 is 0 Å². The maximum Gasteiger partial charge on any atom is 0.123 e. The van der Waals surface area contributed by atoms with Crippen LogP contribution in [0.4, 0.5) is 4.39 Å². The van der Waals surface area contributed by atoms with Gasteiger partial charge in [-0.25, -0.2) is 4.39 Å². The lowest BCUT2D eigenvalue weighted by Gasteiger charge is -2.30. The van der Waals surface area contributed by atoms with E-state index in [-0.39, 0.29) is 11.7 Å². The van der Waals surface area contributed by atoms with E-state index in [1.807, 2.05) is 6.92 Å². The molecule has 0 saturated carbocycles. The Morgan fingerprint density at radius 2 is 1.96 bits per heavy atom. The summed E-state index contributed by atoms with van der Waals surface area (Å²) in [5.41, 5.74) is 4.77. The minimum absolute atomic E-state index is 0.181. The van der Waals surface area contributed by atoms with Gasteiger partial charge in [0.15, 0.2) is 0 Å². The molecule has 2 unspecified atom stereocenters. The van der Waals surface area contributed by atoms with Gasteiger partial charge in [-0.1, -0.05) is 23.8 Å². The van der Waals surface area contributed by atoms with E-state index >= 15 is 0 Å². The number of fused-ring (bicyclic) bond motifs is 3. The fourth-order valence-corrected chi connectivity index (χ4v) is 4.43. The second-order valence-corrected chi connectivity index (χ2v) is 8.26. The maximum atomic E-state index is 13.3. The van der Waals surface area contributed by atoms with Gasteiger partial charge >= 0.3 is 0 Å². The molecule has 3 nitrogen and oxygen atoms in total. The highest BCUT2D eigenvalue weighted by Crippen LogP contribution is 2.38. The van der Waals surface area contributed by atoms with Crippen molar-refractivity contribution in [3.8, 4) is 0 Å². The highest BCUT2D eigenvalue weighted by Gasteiger charge is 2.33. The van der Waals surface area contributed by atoms with Gasteiger partial charge in [-0.3, -0.25) is 0 Å². The predicted octanol–water partition coefficient (Wildman–Crippen LogP) is 4.48. The van der Waals surface area contributed by atoms with Crippen LogP contribution in [-0.2, 0) is 12.0 Å². The van der Waals surface area contributed by atoms with Crippen molar-refractivity contribution >= 4 is 10.9 Å². The number of rotatable bonds is 3. The van der Waals surface area contributed by atoms with Crippen LogP contribution in [-0.4, -0.2) is 35.1 Å². The molecular weight excluding hydrogens is 339 g/mol. The van der Waals surface area contributed by atoms with E-state index in [2.05, 4.69) is 42.1 Å². The molecule has 3 aromatic rings. The van der Waals surface area contributed by atoms with E-state index in [1.165, 1.54) is 39.9 Å². The fraction of sp³-hybridized carbons (Fsp3) is 0.391. The zero-order valence-corrected chi connectivity index (χ0v) is 16.2. The maximum absolute atomic E-state index is 13.3. The van der Waals surface area contributed by atoms with Crippen LogP contribution < -0.4 is 0 Å². The van der Waals surface area contributed by atoms with Gasteiger partial charge in [-0.05, 0) is 69.1 Å². The molecule has 27 heavy (non-hydrogen) atoms. The quantitative estimate of drug-likeness (QED) is 0.717. The lowest BCUT2D eigenvalue weighted by molar-refractivity contribution is 0.0364. The molecule has 1 aliphatic heterocycles. The minimum Gasteiger partial charge on any atom is -0.385 e. The summed E-state index contributed by atoms with van der Waals surface area (Å²) in [6, 6.07) is 12.7. The van der Waals surface area contributed by atoms with Crippen LogP contribution in [0.3, 0.4) is 0 Å². The average Bonchev–Trinajstić information content (AvgIpc) is 2.89. The van der Waals surface area contributed by atoms with Crippen molar-refractivity contribution in [2.45, 2.75) is 38.2 Å². The van der Waals surface area contributed by atoms with Gasteiger partial charge in [0.05, 0.1) is 5.60 Å². The molecule has 0 fully saturated rings. The molecule has 142 valence electrons. The van der Waals surface area contributed by atoms with E-state index in [4.69, 9.17) is 0 Å². The summed E-state index contributed by atoms with van der Waals surface area (Å²) in [5, 5.41) is 12.5. The van der Waals surface area contributed by atoms with E-state index in [0.717, 1.165) is 25.1 Å². The number of hydrogen-bond acceptors (Lipinski definition) is 2. The molecular formula is C23H27FN2O. The molecule has 2 N–H and O–H groups in total. The van der Waals surface area contributed by atoms with Gasteiger partial charge in [-0.2, -0.15) is 0 Å². The lowest BCUT2D eigenvalue weighted by Crippen LogP contribution is -2.30. The van der Waals surface area contributed by atoms with Crippen molar-refractivity contribution in [2.24, 2.45) is 0 Å². The highest BCUT2D eigenvalue weighted by molar-refractivity contribution is 5.85. The van der Waals surface area contributed by atoms with Crippen LogP contribution in [0, 0.1) is 12.7 Å². The molecule has 4 heteroatoms. The third kappa shape index (κ3) is 3.52. The summed E-state index contributed by atoms with van der Waals surface area (Å²) in [6.45, 7) is 5.84. The number of likely N-dealkylation sites (N-methyl/N-ethyl adjacent to an activating group) is 1. The molecule has 2 aromatic carbocycles. The third-order valence-electron chi connectivity index (χ3n) is 5.89. The monoisotopic (exact) mass is 366 g/mol. The molecule has 0 saturated heterocycles. The van der Waals surface area contributed by atoms with Gasteiger partial charge < -0.3 is 15.0 Å². The first kappa shape index (κ1) is 18.2. The number of nitrogens with zero attached hydrogens (tertiary/aromatic N) is 1. The molecule has 2 heterocycles. The number of hydrogen-bond donors (Lipinski definition) is 2. The Hall–Kier alpha value is -2.17. The number of aromatic nitrogens is 1. The van der Waals surface area contributed by atoms with Gasteiger partial charge in [0, 0.05) is 35.6 Å². The van der Waals surface area contributed by atoms with E-state index in [0.29, 0.717) is 6.42 Å². The molecule has 0 radical (unpaired) electrons. The zero-order valence-electron chi connectivity index (χ0n) is 16.2. The van der Waals surface area contributed by atoms with E-state index in [9.17, 15) is 9.50 Å². The normalized spacial score (nSPS) is 20.3. The summed E-state index contributed by atoms with van der Waals surface area (Å²) in [5.74, 6) is -0.0997. The second kappa shape index (κ2) is 6.77. The number of aryl methyl sites for hydroxylation is 1. The molecule has 2 atom stereocenters. The zero-order chi connectivity index (χ0) is 19.2. The van der Waals surface area contributed by atoms with Crippen LogP contribution in [0.1, 0.15) is 41.6 Å².